The molecule has 8 nitrogen and oxygen atoms in total. The number of benzene rings is 1. The lowest BCUT2D eigenvalue weighted by Gasteiger charge is -2.37. The second kappa shape index (κ2) is 9.86. The molecule has 1 atom stereocenters. The molecule has 2 aromatic rings. The minimum absolute atomic E-state index is 0.0290. The van der Waals surface area contributed by atoms with Gasteiger partial charge in [-0.1, -0.05) is 32.0 Å². The van der Waals surface area contributed by atoms with Crippen LogP contribution in [0.5, 0.6) is 5.75 Å². The molecule has 1 aromatic heterocycles. The molecule has 0 unspecified atom stereocenters. The van der Waals surface area contributed by atoms with Crippen LogP contribution < -0.4 is 15.0 Å². The lowest BCUT2D eigenvalue weighted by molar-refractivity contribution is -0.138. The van der Waals surface area contributed by atoms with Crippen molar-refractivity contribution in [3.05, 3.63) is 48.8 Å². The highest BCUT2D eigenvalue weighted by atomic mass is 16.5. The molecule has 0 spiro atoms. The van der Waals surface area contributed by atoms with E-state index in [1.807, 2.05) is 32.0 Å². The Balaban J connectivity index is 1.52. The number of para-hydroxylation sites is 1. The number of nitrogens with zero attached hydrogens (tertiary/aromatic N) is 4. The zero-order valence-corrected chi connectivity index (χ0v) is 16.8. The SMILES string of the molecule is CC(C)[C@H](NC(=O)COc1ccccc1)C(=O)N1CCN(c2ncccn2)CC1. The monoisotopic (exact) mass is 397 g/mol. The summed E-state index contributed by atoms with van der Waals surface area (Å²) in [5, 5.41) is 2.83. The molecule has 2 heterocycles. The van der Waals surface area contributed by atoms with Crippen LogP contribution in [0.2, 0.25) is 0 Å². The zero-order valence-electron chi connectivity index (χ0n) is 16.8. The van der Waals surface area contributed by atoms with E-state index in [2.05, 4.69) is 20.2 Å². The summed E-state index contributed by atoms with van der Waals surface area (Å²) in [6.07, 6.45) is 3.42. The first kappa shape index (κ1) is 20.6. The summed E-state index contributed by atoms with van der Waals surface area (Å²) in [6, 6.07) is 10.3. The lowest BCUT2D eigenvalue weighted by atomic mass is 10.0. The molecule has 1 aromatic carbocycles. The number of carbonyl (C=O) groups excluding carboxylic acids is 2. The zero-order chi connectivity index (χ0) is 20.6. The number of anilines is 1. The van der Waals surface area contributed by atoms with Gasteiger partial charge in [-0.15, -0.1) is 0 Å². The van der Waals surface area contributed by atoms with Crippen LogP contribution in [0.15, 0.2) is 48.8 Å². The van der Waals surface area contributed by atoms with E-state index in [1.165, 1.54) is 0 Å². The Bertz CT molecular complexity index is 792. The molecule has 1 fully saturated rings. The fourth-order valence-electron chi connectivity index (χ4n) is 3.17. The second-order valence-corrected chi connectivity index (χ2v) is 7.25. The summed E-state index contributed by atoms with van der Waals surface area (Å²) in [6.45, 7) is 6.17. The Labute approximate surface area is 170 Å². The van der Waals surface area contributed by atoms with Gasteiger partial charge < -0.3 is 19.9 Å². The number of nitrogens with one attached hydrogen (secondary N) is 1. The van der Waals surface area contributed by atoms with Crippen LogP contribution in [-0.2, 0) is 9.59 Å². The first-order valence-corrected chi connectivity index (χ1v) is 9.82. The lowest BCUT2D eigenvalue weighted by Crippen LogP contribution is -2.57. The Kier molecular flexibility index (Phi) is 6.99. The maximum absolute atomic E-state index is 13.0. The number of ether oxygens (including phenoxy) is 1. The number of carbonyl (C=O) groups is 2. The van der Waals surface area contributed by atoms with E-state index >= 15 is 0 Å². The van der Waals surface area contributed by atoms with Gasteiger partial charge in [-0.2, -0.15) is 0 Å². The van der Waals surface area contributed by atoms with Crippen molar-refractivity contribution in [2.45, 2.75) is 19.9 Å². The average Bonchev–Trinajstić information content (AvgIpc) is 2.77. The first-order chi connectivity index (χ1) is 14.0. The van der Waals surface area contributed by atoms with E-state index in [0.29, 0.717) is 37.9 Å². The highest BCUT2D eigenvalue weighted by Gasteiger charge is 2.31. The van der Waals surface area contributed by atoms with Crippen molar-refractivity contribution in [1.82, 2.24) is 20.2 Å². The maximum atomic E-state index is 13.0. The molecule has 0 saturated carbocycles. The number of hydrogen-bond acceptors (Lipinski definition) is 6. The smallest absolute Gasteiger partial charge is 0.258 e. The molecule has 3 rings (SSSR count). The van der Waals surface area contributed by atoms with Gasteiger partial charge in [0.1, 0.15) is 11.8 Å². The molecule has 29 heavy (non-hydrogen) atoms. The van der Waals surface area contributed by atoms with Gasteiger partial charge in [0, 0.05) is 38.6 Å². The molecule has 1 saturated heterocycles. The largest absolute Gasteiger partial charge is 0.484 e. The summed E-state index contributed by atoms with van der Waals surface area (Å²) in [7, 11) is 0. The highest BCUT2D eigenvalue weighted by Crippen LogP contribution is 2.13. The van der Waals surface area contributed by atoms with Gasteiger partial charge in [0.25, 0.3) is 5.91 Å². The predicted molar refractivity (Wildman–Crippen MR) is 110 cm³/mol. The Hall–Kier alpha value is -3.16. The maximum Gasteiger partial charge on any atom is 0.258 e. The van der Waals surface area contributed by atoms with E-state index in [1.54, 1.807) is 35.5 Å². The molecular weight excluding hydrogens is 370 g/mol. The Morgan fingerprint density at radius 3 is 2.31 bits per heavy atom. The van der Waals surface area contributed by atoms with Crippen LogP contribution in [0, 0.1) is 5.92 Å². The van der Waals surface area contributed by atoms with Gasteiger partial charge in [0.05, 0.1) is 0 Å². The average molecular weight is 397 g/mol. The van der Waals surface area contributed by atoms with Gasteiger partial charge in [-0.3, -0.25) is 9.59 Å². The molecule has 0 bridgehead atoms. The van der Waals surface area contributed by atoms with Gasteiger partial charge in [-0.25, -0.2) is 9.97 Å². The Morgan fingerprint density at radius 1 is 1.03 bits per heavy atom. The number of amides is 2. The molecule has 1 aliphatic rings. The molecule has 154 valence electrons. The van der Waals surface area contributed by atoms with Crippen LogP contribution in [0.4, 0.5) is 5.95 Å². The van der Waals surface area contributed by atoms with Crippen LogP contribution in [-0.4, -0.2) is 65.5 Å². The minimum atomic E-state index is -0.582. The molecule has 8 heteroatoms. The highest BCUT2D eigenvalue weighted by molar-refractivity contribution is 5.88. The fourth-order valence-corrected chi connectivity index (χ4v) is 3.17. The van der Waals surface area contributed by atoms with Crippen molar-refractivity contribution >= 4 is 17.8 Å². The third-order valence-corrected chi connectivity index (χ3v) is 4.79. The van der Waals surface area contributed by atoms with Gasteiger partial charge in [0.2, 0.25) is 11.9 Å². The number of aromatic nitrogens is 2. The van der Waals surface area contributed by atoms with Crippen LogP contribution in [0.1, 0.15) is 13.8 Å². The van der Waals surface area contributed by atoms with Crippen LogP contribution >= 0.6 is 0 Å². The van der Waals surface area contributed by atoms with Gasteiger partial charge in [0.15, 0.2) is 6.61 Å². The van der Waals surface area contributed by atoms with E-state index in [9.17, 15) is 9.59 Å². The van der Waals surface area contributed by atoms with Crippen molar-refractivity contribution in [3.63, 3.8) is 0 Å². The fraction of sp³-hybridized carbons (Fsp3) is 0.429. The summed E-state index contributed by atoms with van der Waals surface area (Å²) >= 11 is 0. The van der Waals surface area contributed by atoms with Crippen LogP contribution in [0.25, 0.3) is 0 Å². The van der Waals surface area contributed by atoms with Crippen molar-refractivity contribution in [2.75, 3.05) is 37.7 Å². The van der Waals surface area contributed by atoms with Crippen molar-refractivity contribution in [3.8, 4) is 5.75 Å². The summed E-state index contributed by atoms with van der Waals surface area (Å²) < 4.78 is 5.48. The van der Waals surface area contributed by atoms with Gasteiger partial charge in [-0.05, 0) is 24.1 Å². The molecule has 0 aliphatic carbocycles. The molecule has 1 aliphatic heterocycles. The Morgan fingerprint density at radius 2 is 1.69 bits per heavy atom. The predicted octanol–water partition coefficient (Wildman–Crippen LogP) is 1.34. The number of hydrogen-bond donors (Lipinski definition) is 1. The minimum Gasteiger partial charge on any atom is -0.484 e. The number of rotatable bonds is 7. The van der Waals surface area contributed by atoms with Crippen LogP contribution in [0.3, 0.4) is 0 Å². The summed E-state index contributed by atoms with van der Waals surface area (Å²) in [5.41, 5.74) is 0. The summed E-state index contributed by atoms with van der Waals surface area (Å²) in [4.78, 5) is 37.7. The van der Waals surface area contributed by atoms with Crippen molar-refractivity contribution in [2.24, 2.45) is 5.92 Å². The van der Waals surface area contributed by atoms with Crippen molar-refractivity contribution < 1.29 is 14.3 Å². The normalized spacial score (nSPS) is 15.1. The third-order valence-electron chi connectivity index (χ3n) is 4.79. The standard InChI is InChI=1S/C21H27N5O3/c1-16(2)19(24-18(27)15-29-17-7-4-3-5-8-17)20(28)25-11-13-26(14-12-25)21-22-9-6-10-23-21/h3-10,16,19H,11-15H2,1-2H3,(H,24,27)/t19-/m0/s1. The number of piperazine rings is 1. The van der Waals surface area contributed by atoms with E-state index < -0.39 is 6.04 Å². The second-order valence-electron chi connectivity index (χ2n) is 7.25. The summed E-state index contributed by atoms with van der Waals surface area (Å²) in [5.74, 6) is 0.887. The molecule has 0 radical (unpaired) electrons. The quantitative estimate of drug-likeness (QED) is 0.759. The molecular formula is C21H27N5O3. The van der Waals surface area contributed by atoms with Crippen molar-refractivity contribution in [1.29, 1.82) is 0 Å². The third kappa shape index (κ3) is 5.66. The molecule has 1 N–H and O–H groups in total. The molecule has 2 amide bonds. The van der Waals surface area contributed by atoms with Gasteiger partial charge >= 0.3 is 0 Å². The van der Waals surface area contributed by atoms with E-state index in [4.69, 9.17) is 4.74 Å². The topological polar surface area (TPSA) is 87.7 Å². The van der Waals surface area contributed by atoms with E-state index in [-0.39, 0.29) is 24.3 Å². The van der Waals surface area contributed by atoms with E-state index in [0.717, 1.165) is 0 Å². The first-order valence-electron chi connectivity index (χ1n) is 9.82.